The molecule has 0 spiro atoms. The molecule has 0 heterocycles. The third-order valence-electron chi connectivity index (χ3n) is 2.43. The number of likely N-dealkylation sites (N-methyl/N-ethyl adjacent to an activating group) is 1. The van der Waals surface area contributed by atoms with Gasteiger partial charge in [-0.3, -0.25) is 4.79 Å². The van der Waals surface area contributed by atoms with E-state index >= 15 is 0 Å². The molecule has 0 unspecified atom stereocenters. The highest BCUT2D eigenvalue weighted by molar-refractivity contribution is 5.97. The zero-order chi connectivity index (χ0) is 12.0. The van der Waals surface area contributed by atoms with Gasteiger partial charge in [0.05, 0.1) is 6.54 Å². The number of rotatable bonds is 6. The van der Waals surface area contributed by atoms with E-state index in [1.54, 1.807) is 0 Å². The van der Waals surface area contributed by atoms with E-state index in [0.717, 1.165) is 18.5 Å². The summed E-state index contributed by atoms with van der Waals surface area (Å²) in [5.41, 5.74) is 2.07. The van der Waals surface area contributed by atoms with Gasteiger partial charge in [-0.05, 0) is 30.5 Å². The molecule has 2 nitrogen and oxygen atoms in total. The second-order valence-electron chi connectivity index (χ2n) is 4.50. The van der Waals surface area contributed by atoms with Crippen LogP contribution < -0.4 is 5.32 Å². The predicted octanol–water partition coefficient (Wildman–Crippen LogP) is 2.68. The maximum Gasteiger partial charge on any atom is 0.176 e. The van der Waals surface area contributed by atoms with Gasteiger partial charge in [0, 0.05) is 5.56 Å². The molecule has 2 heteroatoms. The fraction of sp³-hybridized carbons (Fsp3) is 0.500. The number of carbonyl (C=O) groups is 1. The summed E-state index contributed by atoms with van der Waals surface area (Å²) in [6, 6.07) is 7.96. The van der Waals surface area contributed by atoms with Crippen LogP contribution in [-0.2, 0) is 6.42 Å². The minimum absolute atomic E-state index is 0.174. The molecule has 0 radical (unpaired) electrons. The van der Waals surface area contributed by atoms with E-state index < -0.39 is 0 Å². The van der Waals surface area contributed by atoms with Crippen molar-refractivity contribution < 1.29 is 4.79 Å². The fourth-order valence-corrected chi connectivity index (χ4v) is 1.68. The monoisotopic (exact) mass is 219 g/mol. The predicted molar refractivity (Wildman–Crippen MR) is 67.9 cm³/mol. The smallest absolute Gasteiger partial charge is 0.176 e. The van der Waals surface area contributed by atoms with Crippen LogP contribution >= 0.6 is 0 Å². The summed E-state index contributed by atoms with van der Waals surface area (Å²) in [4.78, 5) is 11.8. The lowest BCUT2D eigenvalue weighted by Crippen LogP contribution is -2.22. The van der Waals surface area contributed by atoms with E-state index in [0.29, 0.717) is 12.5 Å². The Balaban J connectivity index is 2.69. The third-order valence-corrected chi connectivity index (χ3v) is 2.43. The molecule has 0 atom stereocenters. The normalized spacial score (nSPS) is 10.8. The minimum Gasteiger partial charge on any atom is -0.310 e. The Bertz CT molecular complexity index is 344. The Morgan fingerprint density at radius 3 is 2.75 bits per heavy atom. The summed E-state index contributed by atoms with van der Waals surface area (Å²) in [5.74, 6) is 0.798. The highest BCUT2D eigenvalue weighted by Crippen LogP contribution is 2.10. The van der Waals surface area contributed by atoms with E-state index in [-0.39, 0.29) is 5.78 Å². The van der Waals surface area contributed by atoms with Gasteiger partial charge in [-0.15, -0.1) is 0 Å². The Morgan fingerprint density at radius 1 is 1.38 bits per heavy atom. The van der Waals surface area contributed by atoms with Gasteiger partial charge in [-0.25, -0.2) is 0 Å². The van der Waals surface area contributed by atoms with Crippen molar-refractivity contribution >= 4 is 5.78 Å². The Hall–Kier alpha value is -1.15. The lowest BCUT2D eigenvalue weighted by molar-refractivity contribution is 0.0991. The number of benzene rings is 1. The van der Waals surface area contributed by atoms with Crippen LogP contribution in [0.4, 0.5) is 0 Å². The first-order chi connectivity index (χ1) is 7.63. The summed E-state index contributed by atoms with van der Waals surface area (Å²) in [6.45, 7) is 7.64. The number of carbonyl (C=O) groups excluding carboxylic acids is 1. The number of hydrogen-bond acceptors (Lipinski definition) is 2. The summed E-state index contributed by atoms with van der Waals surface area (Å²) in [6.07, 6.45) is 1.03. The average molecular weight is 219 g/mol. The van der Waals surface area contributed by atoms with Gasteiger partial charge in [0.1, 0.15) is 0 Å². The van der Waals surface area contributed by atoms with Crippen molar-refractivity contribution in [1.29, 1.82) is 0 Å². The molecule has 0 aliphatic carbocycles. The first-order valence-corrected chi connectivity index (χ1v) is 5.96. The molecule has 1 aromatic carbocycles. The van der Waals surface area contributed by atoms with Crippen molar-refractivity contribution in [3.05, 3.63) is 35.4 Å². The van der Waals surface area contributed by atoms with E-state index in [2.05, 4.69) is 25.2 Å². The van der Waals surface area contributed by atoms with Crippen LogP contribution in [0.3, 0.4) is 0 Å². The summed E-state index contributed by atoms with van der Waals surface area (Å²) in [5, 5.41) is 3.06. The molecule has 0 aliphatic heterocycles. The highest BCUT2D eigenvalue weighted by atomic mass is 16.1. The van der Waals surface area contributed by atoms with Crippen LogP contribution in [0.5, 0.6) is 0 Å². The van der Waals surface area contributed by atoms with Gasteiger partial charge < -0.3 is 5.32 Å². The van der Waals surface area contributed by atoms with E-state index in [1.165, 1.54) is 5.56 Å². The lowest BCUT2D eigenvalue weighted by Gasteiger charge is -2.07. The number of ketones is 1. The Morgan fingerprint density at radius 2 is 2.12 bits per heavy atom. The maximum absolute atomic E-state index is 11.8. The molecule has 0 fully saturated rings. The molecule has 0 saturated carbocycles. The van der Waals surface area contributed by atoms with Crippen molar-refractivity contribution in [2.45, 2.75) is 27.2 Å². The maximum atomic E-state index is 11.8. The first kappa shape index (κ1) is 12.9. The van der Waals surface area contributed by atoms with Crippen LogP contribution in [0.1, 0.15) is 36.7 Å². The van der Waals surface area contributed by atoms with E-state index in [1.807, 2.05) is 25.1 Å². The second kappa shape index (κ2) is 6.44. The molecule has 0 aliphatic rings. The molecule has 16 heavy (non-hydrogen) atoms. The third kappa shape index (κ3) is 4.15. The topological polar surface area (TPSA) is 29.1 Å². The number of hydrogen-bond donors (Lipinski definition) is 1. The van der Waals surface area contributed by atoms with Crippen molar-refractivity contribution in [3.8, 4) is 0 Å². The van der Waals surface area contributed by atoms with Gasteiger partial charge >= 0.3 is 0 Å². The molecule has 1 N–H and O–H groups in total. The van der Waals surface area contributed by atoms with Crippen LogP contribution in [0, 0.1) is 5.92 Å². The molecule has 0 amide bonds. The van der Waals surface area contributed by atoms with Crippen molar-refractivity contribution in [1.82, 2.24) is 5.32 Å². The lowest BCUT2D eigenvalue weighted by atomic mass is 10.00. The largest absolute Gasteiger partial charge is 0.310 e. The minimum atomic E-state index is 0.174. The number of Topliss-reactive ketones (excluding diaryl/α,β-unsaturated/α-hetero) is 1. The Kier molecular flexibility index (Phi) is 5.20. The summed E-state index contributed by atoms with van der Waals surface area (Å²) in [7, 11) is 0. The molecule has 0 bridgehead atoms. The van der Waals surface area contributed by atoms with E-state index in [4.69, 9.17) is 0 Å². The molecular weight excluding hydrogens is 198 g/mol. The molecule has 1 rings (SSSR count). The molecule has 1 aromatic rings. The van der Waals surface area contributed by atoms with Crippen molar-refractivity contribution in [3.63, 3.8) is 0 Å². The zero-order valence-corrected chi connectivity index (χ0v) is 10.4. The van der Waals surface area contributed by atoms with Crippen LogP contribution in [0.15, 0.2) is 24.3 Å². The standard InChI is InChI=1S/C14H21NO/c1-4-15-10-14(16)13-7-5-6-12(9-13)8-11(2)3/h5-7,9,11,15H,4,8,10H2,1-3H3. The van der Waals surface area contributed by atoms with Crippen LogP contribution in [-0.4, -0.2) is 18.9 Å². The average Bonchev–Trinajstić information content (AvgIpc) is 2.25. The highest BCUT2D eigenvalue weighted by Gasteiger charge is 2.06. The summed E-state index contributed by atoms with van der Waals surface area (Å²) < 4.78 is 0. The summed E-state index contributed by atoms with van der Waals surface area (Å²) >= 11 is 0. The SMILES string of the molecule is CCNCC(=O)c1cccc(CC(C)C)c1. The van der Waals surface area contributed by atoms with Gasteiger partial charge in [-0.2, -0.15) is 0 Å². The zero-order valence-electron chi connectivity index (χ0n) is 10.4. The molecule has 0 aromatic heterocycles. The Labute approximate surface area is 98.1 Å². The first-order valence-electron chi connectivity index (χ1n) is 5.96. The van der Waals surface area contributed by atoms with Gasteiger partial charge in [-0.1, -0.05) is 39.0 Å². The van der Waals surface area contributed by atoms with Gasteiger partial charge in [0.25, 0.3) is 0 Å². The van der Waals surface area contributed by atoms with Gasteiger partial charge in [0.2, 0.25) is 0 Å². The number of nitrogens with one attached hydrogen (secondary N) is 1. The quantitative estimate of drug-likeness (QED) is 0.745. The molecular formula is C14H21NO. The molecule has 88 valence electrons. The van der Waals surface area contributed by atoms with Crippen molar-refractivity contribution in [2.24, 2.45) is 5.92 Å². The fourth-order valence-electron chi connectivity index (χ4n) is 1.68. The van der Waals surface area contributed by atoms with Crippen LogP contribution in [0.2, 0.25) is 0 Å². The van der Waals surface area contributed by atoms with Crippen molar-refractivity contribution in [2.75, 3.05) is 13.1 Å². The van der Waals surface area contributed by atoms with Crippen LogP contribution in [0.25, 0.3) is 0 Å². The van der Waals surface area contributed by atoms with E-state index in [9.17, 15) is 4.79 Å². The molecule has 0 saturated heterocycles. The van der Waals surface area contributed by atoms with Gasteiger partial charge in [0.15, 0.2) is 5.78 Å². The second-order valence-corrected chi connectivity index (χ2v) is 4.50.